The first-order chi connectivity index (χ1) is 20.8. The number of fused-ring (bicyclic) bond motifs is 2. The maximum Gasteiger partial charge on any atom is 0.255 e. The summed E-state index contributed by atoms with van der Waals surface area (Å²) in [6.45, 7) is 4.43. The minimum absolute atomic E-state index is 0.0343. The van der Waals surface area contributed by atoms with Gasteiger partial charge in [-0.25, -0.2) is 4.39 Å². The lowest BCUT2D eigenvalue weighted by Gasteiger charge is -2.35. The van der Waals surface area contributed by atoms with Gasteiger partial charge in [-0.15, -0.1) is 0 Å². The van der Waals surface area contributed by atoms with Crippen LogP contribution in [0, 0.1) is 12.7 Å². The number of aryl methyl sites for hydroxylation is 1. The van der Waals surface area contributed by atoms with Crippen molar-refractivity contribution in [3.63, 3.8) is 0 Å². The van der Waals surface area contributed by atoms with Crippen LogP contribution in [0.5, 0.6) is 0 Å². The quantitative estimate of drug-likeness (QED) is 0.291. The molecule has 0 unspecified atom stereocenters. The molecule has 1 aliphatic carbocycles. The molecule has 2 aliphatic rings. The number of para-hydroxylation sites is 1. The van der Waals surface area contributed by atoms with Crippen LogP contribution in [-0.2, 0) is 11.2 Å². The number of nitrogens with one attached hydrogen (secondary N) is 1. The number of anilines is 2. The molecule has 1 saturated heterocycles. The summed E-state index contributed by atoms with van der Waals surface area (Å²) in [5, 5.41) is 2.87. The molecule has 1 aliphatic heterocycles. The second kappa shape index (κ2) is 11.7. The van der Waals surface area contributed by atoms with Crippen molar-refractivity contribution in [1.82, 2.24) is 4.90 Å². The predicted octanol–water partition coefficient (Wildman–Crippen LogP) is 5.10. The van der Waals surface area contributed by atoms with Gasteiger partial charge in [0.25, 0.3) is 5.91 Å². The normalized spacial score (nSPS) is 14.7. The van der Waals surface area contributed by atoms with Gasteiger partial charge < -0.3 is 10.2 Å². The highest BCUT2D eigenvalue weighted by atomic mass is 19.1. The van der Waals surface area contributed by atoms with Crippen molar-refractivity contribution < 1.29 is 23.6 Å². The summed E-state index contributed by atoms with van der Waals surface area (Å²) < 4.78 is 14.2. The summed E-state index contributed by atoms with van der Waals surface area (Å²) in [5.74, 6) is -1.48. The molecule has 8 heteroatoms. The number of rotatable bonds is 7. The van der Waals surface area contributed by atoms with Crippen molar-refractivity contribution in [2.45, 2.75) is 13.3 Å². The van der Waals surface area contributed by atoms with Crippen molar-refractivity contribution >= 4 is 34.6 Å². The maximum absolute atomic E-state index is 14.2. The van der Waals surface area contributed by atoms with Crippen LogP contribution in [0.4, 0.5) is 15.8 Å². The molecular formula is C35H30FN3O4. The molecular weight excluding hydrogens is 545 g/mol. The Labute approximate surface area is 248 Å². The minimum atomic E-state index is -0.439. The van der Waals surface area contributed by atoms with Gasteiger partial charge in [-0.3, -0.25) is 24.1 Å². The van der Waals surface area contributed by atoms with E-state index in [-0.39, 0.29) is 58.5 Å². The first-order valence-electron chi connectivity index (χ1n) is 14.3. The third-order valence-corrected chi connectivity index (χ3v) is 8.08. The number of amides is 1. The highest BCUT2D eigenvalue weighted by Crippen LogP contribution is 2.35. The van der Waals surface area contributed by atoms with E-state index >= 15 is 0 Å². The van der Waals surface area contributed by atoms with E-state index in [4.69, 9.17) is 0 Å². The number of nitrogens with zero attached hydrogens (tertiary/aromatic N) is 2. The van der Waals surface area contributed by atoms with Crippen molar-refractivity contribution in [3.8, 4) is 0 Å². The summed E-state index contributed by atoms with van der Waals surface area (Å²) in [7, 11) is 0. The number of hydrogen-bond acceptors (Lipinski definition) is 6. The van der Waals surface area contributed by atoms with Gasteiger partial charge in [-0.05, 0) is 42.8 Å². The number of halogens is 1. The van der Waals surface area contributed by atoms with Gasteiger partial charge in [0.2, 0.25) is 0 Å². The maximum atomic E-state index is 14.2. The Morgan fingerprint density at radius 3 is 2.12 bits per heavy atom. The van der Waals surface area contributed by atoms with Gasteiger partial charge in [-0.2, -0.15) is 0 Å². The van der Waals surface area contributed by atoms with Gasteiger partial charge in [0, 0.05) is 54.9 Å². The fourth-order valence-electron chi connectivity index (χ4n) is 5.78. The minimum Gasteiger partial charge on any atom is -0.367 e. The third-order valence-electron chi connectivity index (χ3n) is 8.08. The second-order valence-electron chi connectivity index (χ2n) is 11.0. The van der Waals surface area contributed by atoms with Gasteiger partial charge in [0.05, 0.1) is 23.5 Å². The average molecular weight is 576 g/mol. The van der Waals surface area contributed by atoms with E-state index in [1.165, 1.54) is 6.07 Å². The lowest BCUT2D eigenvalue weighted by atomic mass is 9.81. The van der Waals surface area contributed by atoms with Crippen LogP contribution in [0.1, 0.15) is 53.3 Å². The molecule has 0 saturated carbocycles. The number of benzene rings is 4. The van der Waals surface area contributed by atoms with Crippen LogP contribution in [0.2, 0.25) is 0 Å². The van der Waals surface area contributed by atoms with Gasteiger partial charge in [0.15, 0.2) is 17.3 Å². The lowest BCUT2D eigenvalue weighted by Crippen LogP contribution is -2.48. The zero-order chi connectivity index (χ0) is 30.1. The molecule has 1 N–H and O–H groups in total. The van der Waals surface area contributed by atoms with Crippen LogP contribution in [0.15, 0.2) is 84.9 Å². The fourth-order valence-corrected chi connectivity index (χ4v) is 5.78. The number of carbonyl (C=O) groups excluding carboxylic acids is 4. The van der Waals surface area contributed by atoms with Crippen LogP contribution in [0.3, 0.4) is 0 Å². The molecule has 4 aromatic rings. The number of Topliss-reactive ketones (excluding diaryl/α,β-unsaturated/α-hetero) is 1. The fraction of sp³-hybridized carbons (Fsp3) is 0.200. The van der Waals surface area contributed by atoms with E-state index in [0.29, 0.717) is 48.6 Å². The topological polar surface area (TPSA) is 86.8 Å². The van der Waals surface area contributed by atoms with Crippen molar-refractivity contribution in [2.24, 2.45) is 0 Å². The third kappa shape index (κ3) is 5.61. The molecule has 1 fully saturated rings. The average Bonchev–Trinajstić information content (AvgIpc) is 3.01. The summed E-state index contributed by atoms with van der Waals surface area (Å²) >= 11 is 0. The Bertz CT molecular complexity index is 1760. The van der Waals surface area contributed by atoms with E-state index in [2.05, 4.69) is 5.32 Å². The molecule has 6 rings (SSSR count). The highest BCUT2D eigenvalue weighted by molar-refractivity contribution is 6.31. The van der Waals surface area contributed by atoms with E-state index < -0.39 is 5.91 Å². The van der Waals surface area contributed by atoms with Crippen molar-refractivity contribution in [2.75, 3.05) is 42.9 Å². The predicted molar refractivity (Wildman–Crippen MR) is 163 cm³/mol. The molecule has 4 aromatic carbocycles. The molecule has 43 heavy (non-hydrogen) atoms. The molecule has 7 nitrogen and oxygen atoms in total. The number of hydrogen-bond donors (Lipinski definition) is 1. The van der Waals surface area contributed by atoms with Crippen LogP contribution < -0.4 is 10.2 Å². The SMILES string of the molecule is Cc1ccc(C(=O)Nc2c(CC(=O)CN3CCN(c4ccccc4F)CC3)ccc3c2C(=O)c2ccccc2C3=O)cc1. The van der Waals surface area contributed by atoms with Crippen molar-refractivity contribution in [1.29, 1.82) is 0 Å². The monoisotopic (exact) mass is 575 g/mol. The largest absolute Gasteiger partial charge is 0.367 e. The Morgan fingerprint density at radius 1 is 0.767 bits per heavy atom. The number of piperazine rings is 1. The summed E-state index contributed by atoms with van der Waals surface area (Å²) in [6.07, 6.45) is -0.0343. The molecule has 0 spiro atoms. The Kier molecular flexibility index (Phi) is 7.69. The molecule has 1 amide bonds. The standard InChI is InChI=1S/C35H30FN3O4/c1-22-10-12-23(13-11-22)35(43)37-32-24(14-15-28-31(32)34(42)27-7-3-2-6-26(27)33(28)41)20-25(40)21-38-16-18-39(19-17-38)30-9-5-4-8-29(30)36/h2-15H,16-21H2,1H3,(H,37,43). The lowest BCUT2D eigenvalue weighted by molar-refractivity contribution is -0.119. The van der Waals surface area contributed by atoms with Gasteiger partial charge >= 0.3 is 0 Å². The molecule has 0 atom stereocenters. The molecule has 0 aromatic heterocycles. The highest BCUT2D eigenvalue weighted by Gasteiger charge is 2.33. The molecule has 216 valence electrons. The smallest absolute Gasteiger partial charge is 0.255 e. The Morgan fingerprint density at radius 2 is 1.42 bits per heavy atom. The summed E-state index contributed by atoms with van der Waals surface area (Å²) in [5.41, 5.74) is 3.48. The molecule has 0 radical (unpaired) electrons. The number of carbonyl (C=O) groups is 4. The van der Waals surface area contributed by atoms with Crippen LogP contribution >= 0.6 is 0 Å². The Balaban J connectivity index is 1.25. The van der Waals surface area contributed by atoms with E-state index in [0.717, 1.165) is 5.56 Å². The molecule has 1 heterocycles. The second-order valence-corrected chi connectivity index (χ2v) is 11.0. The summed E-state index contributed by atoms with van der Waals surface area (Å²) in [6, 6.07) is 23.5. The Hall–Kier alpha value is -4.95. The first-order valence-corrected chi connectivity index (χ1v) is 14.3. The van der Waals surface area contributed by atoms with Crippen LogP contribution in [0.25, 0.3) is 0 Å². The van der Waals surface area contributed by atoms with Gasteiger partial charge in [-0.1, -0.05) is 60.2 Å². The zero-order valence-corrected chi connectivity index (χ0v) is 23.7. The zero-order valence-electron chi connectivity index (χ0n) is 23.7. The first kappa shape index (κ1) is 28.2. The summed E-state index contributed by atoms with van der Waals surface area (Å²) in [4.78, 5) is 57.8. The van der Waals surface area contributed by atoms with Crippen LogP contribution in [-0.4, -0.2) is 60.9 Å². The van der Waals surface area contributed by atoms with Crippen molar-refractivity contribution in [3.05, 3.63) is 130 Å². The number of ketones is 3. The van der Waals surface area contributed by atoms with E-state index in [1.807, 2.05) is 28.9 Å². The van der Waals surface area contributed by atoms with E-state index in [9.17, 15) is 23.6 Å². The van der Waals surface area contributed by atoms with Gasteiger partial charge in [0.1, 0.15) is 5.82 Å². The van der Waals surface area contributed by atoms with E-state index in [1.54, 1.807) is 66.7 Å². The molecule has 0 bridgehead atoms.